The SMILES string of the molecule is Cc1cc(C)c2c(c1)c1c3c(cc[n+]1-c1cc4c5c(c1)-n1c6ccccc6c6nccc(c61)B5n1c5ccccc5c5cccc-4c51)B1c4c(cccc4-n23)-c2cccc3c4ccccc4n1c23. The van der Waals surface area contributed by atoms with Gasteiger partial charge in [-0.3, -0.25) is 4.98 Å². The number of hydrogen-bond donors (Lipinski definition) is 0. The van der Waals surface area contributed by atoms with Crippen LogP contribution in [0.2, 0.25) is 0 Å². The highest BCUT2D eigenvalue weighted by atomic mass is 15.1. The van der Waals surface area contributed by atoms with Gasteiger partial charge in [-0.1, -0.05) is 109 Å². The highest BCUT2D eigenvalue weighted by molar-refractivity contribution is 6.91. The molecule has 6 nitrogen and oxygen atoms in total. The predicted octanol–water partition coefficient (Wildman–Crippen LogP) is 10.3. The number of para-hydroxylation sites is 5. The average molecular weight is 862 g/mol. The number of rotatable bonds is 1. The van der Waals surface area contributed by atoms with Crippen molar-refractivity contribution in [2.45, 2.75) is 13.8 Å². The van der Waals surface area contributed by atoms with Crippen molar-refractivity contribution in [3.8, 4) is 39.3 Å². The van der Waals surface area contributed by atoms with E-state index in [1.807, 2.05) is 6.20 Å². The summed E-state index contributed by atoms with van der Waals surface area (Å²) >= 11 is 0. The smallest absolute Gasteiger partial charge is 0.333 e. The van der Waals surface area contributed by atoms with Gasteiger partial charge in [0.1, 0.15) is 5.52 Å². The van der Waals surface area contributed by atoms with Gasteiger partial charge in [0.15, 0.2) is 6.20 Å². The maximum absolute atomic E-state index is 5.15. The van der Waals surface area contributed by atoms with Crippen LogP contribution in [0.15, 0.2) is 176 Å². The quantitative estimate of drug-likeness (QED) is 0.120. The van der Waals surface area contributed by atoms with E-state index in [2.05, 4.69) is 206 Å². The number of nitrogens with zero attached hydrogens (tertiary/aromatic N) is 6. The fourth-order valence-electron chi connectivity index (χ4n) is 14.3. The molecule has 14 aromatic rings. The van der Waals surface area contributed by atoms with Crippen LogP contribution in [0.4, 0.5) is 0 Å². The predicted molar refractivity (Wildman–Crippen MR) is 282 cm³/mol. The maximum atomic E-state index is 5.15. The van der Waals surface area contributed by atoms with E-state index in [0.29, 0.717) is 0 Å². The molecule has 0 bridgehead atoms. The van der Waals surface area contributed by atoms with Gasteiger partial charge in [-0.15, -0.1) is 0 Å². The van der Waals surface area contributed by atoms with Crippen LogP contribution in [-0.4, -0.2) is 36.8 Å². The van der Waals surface area contributed by atoms with Crippen LogP contribution in [0.25, 0.3) is 127 Å². The first-order chi connectivity index (χ1) is 33.6. The highest BCUT2D eigenvalue weighted by Gasteiger charge is 2.46. The average Bonchev–Trinajstić information content (AvgIpc) is 4.12. The Kier molecular flexibility index (Phi) is 5.86. The van der Waals surface area contributed by atoms with E-state index >= 15 is 0 Å². The molecule has 6 aromatic heterocycles. The molecule has 4 aliphatic rings. The number of pyridine rings is 2. The van der Waals surface area contributed by atoms with Gasteiger partial charge in [-0.2, -0.15) is 4.57 Å². The minimum absolute atomic E-state index is 0.0117. The number of aryl methyl sites for hydroxylation is 2. The molecular weight excluding hydrogens is 826 g/mol. The molecule has 18 rings (SSSR count). The van der Waals surface area contributed by atoms with Gasteiger partial charge in [0.25, 0.3) is 0 Å². The Morgan fingerprint density at radius 2 is 1.06 bits per heavy atom. The monoisotopic (exact) mass is 861 g/mol. The lowest BCUT2D eigenvalue weighted by molar-refractivity contribution is -0.566. The summed E-state index contributed by atoms with van der Waals surface area (Å²) in [5.74, 6) is 0. The summed E-state index contributed by atoms with van der Waals surface area (Å²) in [7, 11) is 0. The molecule has 0 unspecified atom stereocenters. The standard InChI is InChI=1S/C60H35B2N6/c1-32-28-33(2)55-44(29-32)58-60-46(62-52-37(15-11-23-50(52)66(55)60)40-18-9-16-38-35-12-3-7-21-48(35)67(62)56(38)40)25-27-64(58)34-30-43-41-19-10-17-39-36-13-4-8-22-49(36)68(57(39)41)61-45-24-26-63-54-42-14-5-6-20-47(42)65(59(45)54)51(31-34)53(43)61/h3-31H,1-2H3/q+1. The molecular formula is C60H35B2N6+. The van der Waals surface area contributed by atoms with Gasteiger partial charge in [-0.25, -0.2) is 0 Å². The molecule has 4 aliphatic heterocycles. The van der Waals surface area contributed by atoms with E-state index in [-0.39, 0.29) is 13.7 Å². The van der Waals surface area contributed by atoms with E-state index in [1.165, 1.54) is 149 Å². The van der Waals surface area contributed by atoms with Crippen molar-refractivity contribution in [2.75, 3.05) is 0 Å². The molecule has 0 aliphatic carbocycles. The van der Waals surface area contributed by atoms with Crippen molar-refractivity contribution < 1.29 is 4.57 Å². The Bertz CT molecular complexity index is 4790. The maximum Gasteiger partial charge on any atom is 0.333 e. The van der Waals surface area contributed by atoms with Crippen LogP contribution in [0, 0.1) is 13.8 Å². The summed E-state index contributed by atoms with van der Waals surface area (Å²) in [6.45, 7) is 4.51. The van der Waals surface area contributed by atoms with E-state index < -0.39 is 0 Å². The number of aromatic nitrogens is 6. The first-order valence-electron chi connectivity index (χ1n) is 23.9. The second-order valence-electron chi connectivity index (χ2n) is 19.7. The Morgan fingerprint density at radius 3 is 1.81 bits per heavy atom. The first-order valence-corrected chi connectivity index (χ1v) is 23.9. The minimum Gasteiger partial charge on any atom is -0.375 e. The van der Waals surface area contributed by atoms with E-state index in [4.69, 9.17) is 4.98 Å². The molecule has 8 heteroatoms. The largest absolute Gasteiger partial charge is 0.375 e. The summed E-state index contributed by atoms with van der Waals surface area (Å²) in [4.78, 5) is 5.15. The first kappa shape index (κ1) is 34.7. The lowest BCUT2D eigenvalue weighted by atomic mass is 9.45. The molecule has 0 fully saturated rings. The molecule has 0 saturated heterocycles. The molecule has 0 spiro atoms. The second-order valence-corrected chi connectivity index (χ2v) is 19.7. The third-order valence-corrected chi connectivity index (χ3v) is 16.5. The molecule has 0 radical (unpaired) electrons. The summed E-state index contributed by atoms with van der Waals surface area (Å²) < 4.78 is 13.0. The highest BCUT2D eigenvalue weighted by Crippen LogP contribution is 2.46. The summed E-state index contributed by atoms with van der Waals surface area (Å²) in [6.07, 6.45) is 4.42. The minimum atomic E-state index is -0.0352. The lowest BCUT2D eigenvalue weighted by Crippen LogP contribution is -2.56. The van der Waals surface area contributed by atoms with Crippen molar-refractivity contribution in [1.29, 1.82) is 0 Å². The molecule has 0 saturated carbocycles. The zero-order valence-corrected chi connectivity index (χ0v) is 37.1. The topological polar surface area (TPSA) is 36.5 Å². The van der Waals surface area contributed by atoms with Crippen molar-refractivity contribution in [1.82, 2.24) is 23.1 Å². The summed E-state index contributed by atoms with van der Waals surface area (Å²) in [5, 5.41) is 7.64. The van der Waals surface area contributed by atoms with Crippen molar-refractivity contribution in [2.24, 2.45) is 0 Å². The van der Waals surface area contributed by atoms with E-state index in [1.54, 1.807) is 0 Å². The van der Waals surface area contributed by atoms with E-state index in [9.17, 15) is 0 Å². The van der Waals surface area contributed by atoms with Crippen molar-refractivity contribution in [3.63, 3.8) is 0 Å². The second kappa shape index (κ2) is 11.5. The molecule has 0 amide bonds. The number of benzene rings is 8. The Hall–Kier alpha value is -8.61. The van der Waals surface area contributed by atoms with Crippen molar-refractivity contribution in [3.05, 3.63) is 187 Å². The van der Waals surface area contributed by atoms with Gasteiger partial charge >= 0.3 is 13.7 Å². The third kappa shape index (κ3) is 3.72. The van der Waals surface area contributed by atoms with E-state index in [0.717, 1.165) is 11.2 Å². The molecule has 310 valence electrons. The molecule has 10 heterocycles. The van der Waals surface area contributed by atoms with Gasteiger partial charge in [-0.05, 0) is 94.4 Å². The fourth-order valence-corrected chi connectivity index (χ4v) is 14.3. The van der Waals surface area contributed by atoms with Crippen LogP contribution < -0.4 is 26.4 Å². The molecule has 68 heavy (non-hydrogen) atoms. The van der Waals surface area contributed by atoms with Crippen LogP contribution >= 0.6 is 0 Å². The molecule has 0 N–H and O–H groups in total. The van der Waals surface area contributed by atoms with Crippen molar-refractivity contribution >= 4 is 123 Å². The van der Waals surface area contributed by atoms with Gasteiger partial charge < -0.3 is 18.1 Å². The Balaban J connectivity index is 1.02. The van der Waals surface area contributed by atoms with Gasteiger partial charge in [0, 0.05) is 90.2 Å². The van der Waals surface area contributed by atoms with Gasteiger partial charge in [0.05, 0.1) is 33.1 Å². The third-order valence-electron chi connectivity index (χ3n) is 16.5. The normalized spacial score (nSPS) is 13.7. The Morgan fingerprint density at radius 1 is 0.441 bits per heavy atom. The van der Waals surface area contributed by atoms with Gasteiger partial charge in [0.2, 0.25) is 11.2 Å². The number of hydrogen-bond acceptors (Lipinski definition) is 1. The summed E-state index contributed by atoms with van der Waals surface area (Å²) in [5.41, 5.74) is 29.0. The number of fused-ring (bicyclic) bond motifs is 20. The van der Waals surface area contributed by atoms with Crippen LogP contribution in [-0.2, 0) is 0 Å². The van der Waals surface area contributed by atoms with Crippen LogP contribution in [0.1, 0.15) is 11.1 Å². The Labute approximate surface area is 389 Å². The molecule has 0 atom stereocenters. The lowest BCUT2D eigenvalue weighted by Gasteiger charge is -2.34. The molecule has 8 aromatic carbocycles. The zero-order valence-electron chi connectivity index (χ0n) is 37.1. The van der Waals surface area contributed by atoms with Crippen LogP contribution in [0.5, 0.6) is 0 Å². The van der Waals surface area contributed by atoms with Crippen LogP contribution in [0.3, 0.4) is 0 Å². The zero-order chi connectivity index (χ0) is 44.0. The summed E-state index contributed by atoms with van der Waals surface area (Å²) in [6, 6.07) is 62.3. The fraction of sp³-hybridized carbons (Fsp3) is 0.0333.